The third-order valence-corrected chi connectivity index (χ3v) is 2.79. The number of nitrogens with two attached hydrogens (primary N) is 1. The van der Waals surface area contributed by atoms with E-state index in [1.807, 2.05) is 6.92 Å². The predicted octanol–water partition coefficient (Wildman–Crippen LogP) is 1.08. The average Bonchev–Trinajstić information content (AvgIpc) is 2.70. The molecule has 98 valence electrons. The van der Waals surface area contributed by atoms with E-state index in [4.69, 9.17) is 5.73 Å². The molecule has 3 N–H and O–H groups in total. The number of carbonyl (C=O) groups is 2. The smallest absolute Gasteiger partial charge is 0.276 e. The van der Waals surface area contributed by atoms with E-state index in [2.05, 4.69) is 10.4 Å². The minimum Gasteiger partial charge on any atom is -0.366 e. The quantitative estimate of drug-likeness (QED) is 0.863. The van der Waals surface area contributed by atoms with Crippen LogP contribution in [0, 0.1) is 6.92 Å². The third kappa shape index (κ3) is 2.62. The molecule has 0 aliphatic carbocycles. The lowest BCUT2D eigenvalue weighted by Crippen LogP contribution is -2.18. The van der Waals surface area contributed by atoms with Crippen LogP contribution in [-0.4, -0.2) is 21.6 Å². The Hall–Kier alpha value is -2.63. The molecule has 0 unspecified atom stereocenters. The Morgan fingerprint density at radius 1 is 1.32 bits per heavy atom. The normalized spacial score (nSPS) is 10.2. The van der Waals surface area contributed by atoms with E-state index in [-0.39, 0.29) is 11.5 Å². The van der Waals surface area contributed by atoms with E-state index >= 15 is 0 Å². The Labute approximate surface area is 110 Å². The number of nitrogens with one attached hydrogen (secondary N) is 1. The highest BCUT2D eigenvalue weighted by atomic mass is 16.2. The summed E-state index contributed by atoms with van der Waals surface area (Å²) < 4.78 is 1.61. The highest BCUT2D eigenvalue weighted by molar-refractivity contribution is 6.07. The molecule has 0 radical (unpaired) electrons. The van der Waals surface area contributed by atoms with Crippen LogP contribution in [0.5, 0.6) is 0 Å². The van der Waals surface area contributed by atoms with Crippen LogP contribution in [0.4, 0.5) is 5.69 Å². The Bertz CT molecular complexity index is 626. The summed E-state index contributed by atoms with van der Waals surface area (Å²) in [4.78, 5) is 23.3. The lowest BCUT2D eigenvalue weighted by atomic mass is 10.1. The van der Waals surface area contributed by atoms with Crippen molar-refractivity contribution in [1.82, 2.24) is 9.78 Å². The van der Waals surface area contributed by atoms with Crippen molar-refractivity contribution in [3.05, 3.63) is 47.3 Å². The molecule has 0 aliphatic rings. The van der Waals surface area contributed by atoms with Gasteiger partial charge in [0.2, 0.25) is 0 Å². The number of primary amides is 1. The summed E-state index contributed by atoms with van der Waals surface area (Å²) in [5.41, 5.74) is 7.05. The van der Waals surface area contributed by atoms with Gasteiger partial charge in [-0.15, -0.1) is 0 Å². The number of nitrogens with zero attached hydrogens (tertiary/aromatic N) is 2. The van der Waals surface area contributed by atoms with Gasteiger partial charge in [-0.1, -0.05) is 12.1 Å². The van der Waals surface area contributed by atoms with E-state index in [9.17, 15) is 9.59 Å². The highest BCUT2D eigenvalue weighted by Crippen LogP contribution is 2.15. The van der Waals surface area contributed by atoms with Crippen LogP contribution in [0.15, 0.2) is 30.3 Å². The number of benzene rings is 1. The summed E-state index contributed by atoms with van der Waals surface area (Å²) in [5.74, 6) is -0.967. The van der Waals surface area contributed by atoms with Crippen LogP contribution in [0.2, 0.25) is 0 Å². The van der Waals surface area contributed by atoms with Crippen molar-refractivity contribution in [2.24, 2.45) is 12.8 Å². The first kappa shape index (κ1) is 12.8. The first-order valence-electron chi connectivity index (χ1n) is 5.70. The molecule has 0 spiro atoms. The van der Waals surface area contributed by atoms with E-state index in [1.54, 1.807) is 42.1 Å². The molecule has 2 aromatic rings. The molecule has 0 aliphatic heterocycles. The molecule has 1 heterocycles. The van der Waals surface area contributed by atoms with Crippen molar-refractivity contribution in [2.45, 2.75) is 6.92 Å². The number of anilines is 1. The number of hydrogen-bond donors (Lipinski definition) is 2. The van der Waals surface area contributed by atoms with Gasteiger partial charge in [-0.2, -0.15) is 5.10 Å². The lowest BCUT2D eigenvalue weighted by molar-refractivity contribution is 0.100. The fraction of sp³-hybridized carbons (Fsp3) is 0.154. The van der Waals surface area contributed by atoms with Crippen LogP contribution >= 0.6 is 0 Å². The van der Waals surface area contributed by atoms with Crippen molar-refractivity contribution in [2.75, 3.05) is 5.32 Å². The minimum absolute atomic E-state index is 0.267. The first-order chi connectivity index (χ1) is 8.99. The number of para-hydroxylation sites is 1. The maximum absolute atomic E-state index is 12.0. The second-order valence-electron chi connectivity index (χ2n) is 4.16. The number of aryl methyl sites for hydroxylation is 2. The number of hydrogen-bond acceptors (Lipinski definition) is 3. The molecule has 2 amide bonds. The van der Waals surface area contributed by atoms with Crippen LogP contribution in [0.1, 0.15) is 26.5 Å². The first-order valence-corrected chi connectivity index (χ1v) is 5.70. The molecular formula is C13H14N4O2. The van der Waals surface area contributed by atoms with E-state index < -0.39 is 5.91 Å². The van der Waals surface area contributed by atoms with Gasteiger partial charge in [0.25, 0.3) is 11.8 Å². The highest BCUT2D eigenvalue weighted by Gasteiger charge is 2.14. The third-order valence-electron chi connectivity index (χ3n) is 2.79. The fourth-order valence-corrected chi connectivity index (χ4v) is 1.66. The zero-order valence-corrected chi connectivity index (χ0v) is 10.7. The second-order valence-corrected chi connectivity index (χ2v) is 4.16. The predicted molar refractivity (Wildman–Crippen MR) is 70.9 cm³/mol. The average molecular weight is 258 g/mol. The number of aromatic nitrogens is 2. The van der Waals surface area contributed by atoms with Gasteiger partial charge < -0.3 is 11.1 Å². The zero-order valence-electron chi connectivity index (χ0n) is 10.7. The second kappa shape index (κ2) is 4.93. The Morgan fingerprint density at radius 3 is 2.58 bits per heavy atom. The van der Waals surface area contributed by atoms with E-state index in [0.29, 0.717) is 11.4 Å². The molecule has 6 heteroatoms. The van der Waals surface area contributed by atoms with Gasteiger partial charge in [-0.3, -0.25) is 14.3 Å². The lowest BCUT2D eigenvalue weighted by Gasteiger charge is -2.07. The molecule has 0 bridgehead atoms. The van der Waals surface area contributed by atoms with Crippen molar-refractivity contribution in [3.63, 3.8) is 0 Å². The number of rotatable bonds is 3. The van der Waals surface area contributed by atoms with Gasteiger partial charge in [-0.25, -0.2) is 0 Å². The molecular weight excluding hydrogens is 244 g/mol. The Morgan fingerprint density at radius 2 is 2.00 bits per heavy atom. The van der Waals surface area contributed by atoms with Crippen LogP contribution in [-0.2, 0) is 7.05 Å². The summed E-state index contributed by atoms with van der Waals surface area (Å²) >= 11 is 0. The largest absolute Gasteiger partial charge is 0.366 e. The van der Waals surface area contributed by atoms with Crippen molar-refractivity contribution in [1.29, 1.82) is 0 Å². The van der Waals surface area contributed by atoms with Gasteiger partial charge in [-0.05, 0) is 25.1 Å². The molecule has 0 saturated carbocycles. The van der Waals surface area contributed by atoms with Crippen LogP contribution in [0.25, 0.3) is 0 Å². The fourth-order valence-electron chi connectivity index (χ4n) is 1.66. The van der Waals surface area contributed by atoms with Gasteiger partial charge >= 0.3 is 0 Å². The van der Waals surface area contributed by atoms with Gasteiger partial charge in [0, 0.05) is 12.7 Å². The maximum Gasteiger partial charge on any atom is 0.276 e. The van der Waals surface area contributed by atoms with Crippen molar-refractivity contribution >= 4 is 17.5 Å². The summed E-state index contributed by atoms with van der Waals surface area (Å²) in [6.07, 6.45) is 0. The summed E-state index contributed by atoms with van der Waals surface area (Å²) in [6, 6.07) is 8.24. The molecule has 19 heavy (non-hydrogen) atoms. The zero-order chi connectivity index (χ0) is 14.0. The van der Waals surface area contributed by atoms with Gasteiger partial charge in [0.15, 0.2) is 5.69 Å². The van der Waals surface area contributed by atoms with E-state index in [1.165, 1.54) is 0 Å². The Kier molecular flexibility index (Phi) is 3.33. The number of carbonyl (C=O) groups excluding carboxylic acids is 2. The van der Waals surface area contributed by atoms with Crippen LogP contribution < -0.4 is 11.1 Å². The minimum atomic E-state index is -0.590. The molecule has 0 atom stereocenters. The molecule has 6 nitrogen and oxygen atoms in total. The molecule has 0 saturated heterocycles. The van der Waals surface area contributed by atoms with Gasteiger partial charge in [0.05, 0.1) is 11.3 Å². The van der Waals surface area contributed by atoms with E-state index in [0.717, 1.165) is 5.69 Å². The monoisotopic (exact) mass is 258 g/mol. The summed E-state index contributed by atoms with van der Waals surface area (Å²) in [5, 5.41) is 6.70. The van der Waals surface area contributed by atoms with Crippen molar-refractivity contribution < 1.29 is 9.59 Å². The SMILES string of the molecule is Cc1cc(C(=O)Nc2ccccc2C(N)=O)nn1C. The Balaban J connectivity index is 2.26. The summed E-state index contributed by atoms with van der Waals surface area (Å²) in [7, 11) is 1.75. The van der Waals surface area contributed by atoms with Crippen molar-refractivity contribution in [3.8, 4) is 0 Å². The molecule has 0 fully saturated rings. The molecule has 1 aromatic heterocycles. The molecule has 2 rings (SSSR count). The number of amides is 2. The summed E-state index contributed by atoms with van der Waals surface area (Å²) in [6.45, 7) is 1.85. The molecule has 1 aromatic carbocycles. The van der Waals surface area contributed by atoms with Gasteiger partial charge in [0.1, 0.15) is 0 Å². The van der Waals surface area contributed by atoms with Crippen LogP contribution in [0.3, 0.4) is 0 Å². The maximum atomic E-state index is 12.0. The topological polar surface area (TPSA) is 90.0 Å². The standard InChI is InChI=1S/C13H14N4O2/c1-8-7-11(16-17(8)2)13(19)15-10-6-4-3-5-9(10)12(14)18/h3-7H,1-2H3,(H2,14,18)(H,15,19).